The summed E-state index contributed by atoms with van der Waals surface area (Å²) >= 11 is 0. The van der Waals surface area contributed by atoms with Gasteiger partial charge in [0.15, 0.2) is 17.7 Å². The molecule has 0 aliphatic rings. The Morgan fingerprint density at radius 2 is 2.47 bits per heavy atom. The minimum absolute atomic E-state index is 0.0423. The Hall–Kier alpha value is -2.63. The zero-order valence-electron chi connectivity index (χ0n) is 8.68. The van der Waals surface area contributed by atoms with Crippen LogP contribution in [0.2, 0.25) is 0 Å². The Kier molecular flexibility index (Phi) is 2.87. The third-order valence-corrected chi connectivity index (χ3v) is 2.13. The number of nitrogens with one attached hydrogen (secondary N) is 2. The summed E-state index contributed by atoms with van der Waals surface area (Å²) in [5.41, 5.74) is 7.82. The number of benzene rings is 1. The van der Waals surface area contributed by atoms with Crippen LogP contribution in [0.25, 0.3) is 10.9 Å². The van der Waals surface area contributed by atoms with Crippen molar-refractivity contribution in [2.24, 2.45) is 10.7 Å². The highest BCUT2D eigenvalue weighted by molar-refractivity contribution is 5.93. The van der Waals surface area contributed by atoms with Gasteiger partial charge in [-0.3, -0.25) is 10.4 Å². The number of hydrogen-bond donors (Lipinski definition) is 5. The van der Waals surface area contributed by atoms with E-state index in [9.17, 15) is 0 Å². The molecule has 2 rings (SSSR count). The number of aromatic nitrogens is 2. The molecule has 0 fully saturated rings. The smallest absolute Gasteiger partial charge is 0.208 e. The summed E-state index contributed by atoms with van der Waals surface area (Å²) in [5.74, 6) is 0.309. The summed E-state index contributed by atoms with van der Waals surface area (Å²) < 4.78 is 0. The quantitative estimate of drug-likeness (QED) is 0.115. The van der Waals surface area contributed by atoms with Crippen LogP contribution in [0.15, 0.2) is 23.2 Å². The molecule has 0 saturated heterocycles. The van der Waals surface area contributed by atoms with Gasteiger partial charge in [0, 0.05) is 12.1 Å². The van der Waals surface area contributed by atoms with E-state index in [0.717, 1.165) is 11.0 Å². The highest BCUT2D eigenvalue weighted by Crippen LogP contribution is 2.24. The molecule has 7 N–H and O–H groups in total. The van der Waals surface area contributed by atoms with Crippen LogP contribution in [-0.4, -0.2) is 21.4 Å². The van der Waals surface area contributed by atoms with Gasteiger partial charge in [-0.15, -0.1) is 0 Å². The Labute approximate surface area is 95.7 Å². The molecule has 2 aromatic rings. The van der Waals surface area contributed by atoms with Crippen molar-refractivity contribution in [3.05, 3.63) is 18.2 Å². The van der Waals surface area contributed by atoms with Crippen molar-refractivity contribution in [3.8, 4) is 6.19 Å². The highest BCUT2D eigenvalue weighted by atomic mass is 16.5. The third kappa shape index (κ3) is 2.15. The van der Waals surface area contributed by atoms with E-state index in [2.05, 4.69) is 20.5 Å². The predicted molar refractivity (Wildman–Crippen MR) is 59.5 cm³/mol. The van der Waals surface area contributed by atoms with Crippen LogP contribution >= 0.6 is 0 Å². The zero-order chi connectivity index (χ0) is 12.3. The number of nitriles is 1. The molecule has 1 aromatic carbocycles. The molecular weight excluding hydrogens is 222 g/mol. The van der Waals surface area contributed by atoms with Gasteiger partial charge in [0.2, 0.25) is 5.96 Å². The third-order valence-electron chi connectivity index (χ3n) is 2.13. The number of quaternary nitrogens is 1. The SMILES string of the molecule is N#CNC(N)=Nc1n[nH]c2ccc([NH2+]O)cc12. The van der Waals surface area contributed by atoms with Crippen molar-refractivity contribution in [1.29, 1.82) is 5.26 Å². The molecule has 17 heavy (non-hydrogen) atoms. The van der Waals surface area contributed by atoms with Gasteiger partial charge in [-0.2, -0.15) is 20.8 Å². The lowest BCUT2D eigenvalue weighted by Crippen LogP contribution is -2.73. The van der Waals surface area contributed by atoms with Crippen molar-refractivity contribution < 1.29 is 10.7 Å². The van der Waals surface area contributed by atoms with Crippen LogP contribution in [0.3, 0.4) is 0 Å². The monoisotopic (exact) mass is 232 g/mol. The molecule has 1 aromatic heterocycles. The number of rotatable bonds is 2. The molecule has 0 aliphatic carbocycles. The predicted octanol–water partition coefficient (Wildman–Crippen LogP) is -0.836. The molecule has 0 radical (unpaired) electrons. The van der Waals surface area contributed by atoms with E-state index in [1.807, 2.05) is 0 Å². The molecule has 0 aliphatic heterocycles. The van der Waals surface area contributed by atoms with Gasteiger partial charge in [0.1, 0.15) is 0 Å². The number of aromatic amines is 1. The van der Waals surface area contributed by atoms with Crippen LogP contribution in [0.4, 0.5) is 11.5 Å². The first-order valence-corrected chi connectivity index (χ1v) is 4.69. The van der Waals surface area contributed by atoms with Crippen molar-refractivity contribution in [3.63, 3.8) is 0 Å². The minimum atomic E-state index is -0.0423. The topological polar surface area (TPSA) is 140 Å². The van der Waals surface area contributed by atoms with Crippen molar-refractivity contribution in [2.45, 2.75) is 0 Å². The van der Waals surface area contributed by atoms with Gasteiger partial charge >= 0.3 is 0 Å². The molecule has 8 heteroatoms. The maximum absolute atomic E-state index is 8.92. The molecule has 0 atom stereocenters. The number of nitrogens with zero attached hydrogens (tertiary/aromatic N) is 3. The maximum atomic E-state index is 8.92. The Morgan fingerprint density at radius 1 is 1.65 bits per heavy atom. The number of hydrogen-bond acceptors (Lipinski definition) is 4. The molecule has 0 amide bonds. The first kappa shape index (κ1) is 10.9. The summed E-state index contributed by atoms with van der Waals surface area (Å²) in [6.45, 7) is 0. The number of fused-ring (bicyclic) bond motifs is 1. The molecule has 8 nitrogen and oxygen atoms in total. The molecule has 0 unspecified atom stereocenters. The fourth-order valence-electron chi connectivity index (χ4n) is 1.38. The second kappa shape index (κ2) is 4.48. The first-order chi connectivity index (χ1) is 8.24. The maximum Gasteiger partial charge on any atom is 0.208 e. The number of guanidine groups is 1. The normalized spacial score (nSPS) is 11.4. The van der Waals surface area contributed by atoms with E-state index in [0.29, 0.717) is 16.9 Å². The summed E-state index contributed by atoms with van der Waals surface area (Å²) in [6.07, 6.45) is 1.66. The van der Waals surface area contributed by atoms with Gasteiger partial charge < -0.3 is 5.73 Å². The van der Waals surface area contributed by atoms with E-state index in [-0.39, 0.29) is 5.96 Å². The van der Waals surface area contributed by atoms with Gasteiger partial charge in [0.25, 0.3) is 0 Å². The lowest BCUT2D eigenvalue weighted by molar-refractivity contribution is -0.825. The van der Waals surface area contributed by atoms with Crippen molar-refractivity contribution in [1.82, 2.24) is 15.5 Å². The number of H-pyrrole nitrogens is 1. The molecule has 0 saturated carbocycles. The summed E-state index contributed by atoms with van der Waals surface area (Å²) in [5, 5.41) is 26.9. The van der Waals surface area contributed by atoms with Crippen LogP contribution < -0.4 is 16.5 Å². The average Bonchev–Trinajstić information content (AvgIpc) is 2.72. The van der Waals surface area contributed by atoms with Crippen molar-refractivity contribution >= 4 is 28.4 Å². The van der Waals surface area contributed by atoms with Crippen LogP contribution in [0, 0.1) is 11.5 Å². The molecule has 86 valence electrons. The fraction of sp³-hybridized carbons (Fsp3) is 0. The van der Waals surface area contributed by atoms with E-state index in [1.165, 1.54) is 0 Å². The highest BCUT2D eigenvalue weighted by Gasteiger charge is 2.07. The second-order valence-electron chi connectivity index (χ2n) is 3.22. The standard InChI is InChI=1S/C9H9N7O/c10-4-12-9(11)13-8-6-3-5(16-17)1-2-7(6)14-15-8/h1-3,16-17H,(H4,11,12,13,14,15)/p+1. The van der Waals surface area contributed by atoms with Crippen molar-refractivity contribution in [2.75, 3.05) is 0 Å². The van der Waals surface area contributed by atoms with E-state index in [4.69, 9.17) is 16.2 Å². The lowest BCUT2D eigenvalue weighted by Gasteiger charge is -1.95. The lowest BCUT2D eigenvalue weighted by atomic mass is 10.2. The Morgan fingerprint density at radius 3 is 3.18 bits per heavy atom. The minimum Gasteiger partial charge on any atom is -0.369 e. The Balaban J connectivity index is 2.48. The van der Waals surface area contributed by atoms with Gasteiger partial charge in [-0.1, -0.05) is 0 Å². The van der Waals surface area contributed by atoms with Gasteiger partial charge in [0.05, 0.1) is 10.9 Å². The van der Waals surface area contributed by atoms with Gasteiger partial charge in [-0.05, 0) is 6.07 Å². The molecular formula is C9H10N7O+. The summed E-state index contributed by atoms with van der Waals surface area (Å²) in [4.78, 5) is 3.94. The molecule has 0 spiro atoms. The second-order valence-corrected chi connectivity index (χ2v) is 3.22. The van der Waals surface area contributed by atoms with E-state index < -0.39 is 0 Å². The number of nitrogens with two attached hydrogens (primary N) is 2. The largest absolute Gasteiger partial charge is 0.369 e. The van der Waals surface area contributed by atoms with E-state index >= 15 is 0 Å². The number of aliphatic imine (C=N–C) groups is 1. The fourth-order valence-corrected chi connectivity index (χ4v) is 1.38. The summed E-state index contributed by atoms with van der Waals surface area (Å²) in [6, 6.07) is 5.19. The molecule has 1 heterocycles. The Bertz CT molecular complexity index is 609. The average molecular weight is 232 g/mol. The zero-order valence-corrected chi connectivity index (χ0v) is 8.68. The first-order valence-electron chi connectivity index (χ1n) is 4.69. The van der Waals surface area contributed by atoms with Crippen LogP contribution in [-0.2, 0) is 0 Å². The van der Waals surface area contributed by atoms with Crippen LogP contribution in [0.1, 0.15) is 0 Å². The summed E-state index contributed by atoms with van der Waals surface area (Å²) in [7, 11) is 0. The van der Waals surface area contributed by atoms with Gasteiger partial charge in [-0.25, -0.2) is 5.21 Å². The van der Waals surface area contributed by atoms with E-state index in [1.54, 1.807) is 24.4 Å². The molecule has 0 bridgehead atoms. The van der Waals surface area contributed by atoms with Crippen LogP contribution in [0.5, 0.6) is 0 Å².